The maximum Gasteiger partial charge on any atom is 0.193 e. The molecule has 0 unspecified atom stereocenters. The van der Waals surface area contributed by atoms with Crippen molar-refractivity contribution in [3.8, 4) is 11.8 Å². The molecule has 1 aromatic heterocycles. The third kappa shape index (κ3) is 2.11. The lowest BCUT2D eigenvalue weighted by Crippen LogP contribution is -1.86. The summed E-state index contributed by atoms with van der Waals surface area (Å²) in [7, 11) is 0. The molecule has 0 aliphatic carbocycles. The Morgan fingerprint density at radius 1 is 1.55 bits per heavy atom. The van der Waals surface area contributed by atoms with Gasteiger partial charge in [0, 0.05) is 18.0 Å². The Hall–Kier alpha value is -1.82. The van der Waals surface area contributed by atoms with Crippen molar-refractivity contribution in [3.63, 3.8) is 0 Å². The van der Waals surface area contributed by atoms with Crippen LogP contribution in [-0.2, 0) is 4.79 Å². The zero-order valence-electron chi connectivity index (χ0n) is 5.74. The zero-order valence-corrected chi connectivity index (χ0v) is 5.74. The Balaban J connectivity index is 2.96. The lowest BCUT2D eigenvalue weighted by Gasteiger charge is -1.90. The first-order valence-corrected chi connectivity index (χ1v) is 2.98. The number of aromatic nitrogens is 1. The van der Waals surface area contributed by atoms with Gasteiger partial charge in [0.2, 0.25) is 0 Å². The van der Waals surface area contributed by atoms with Gasteiger partial charge in [0.05, 0.1) is 5.69 Å². The summed E-state index contributed by atoms with van der Waals surface area (Å²) in [6, 6.07) is 1.66. The fourth-order valence-electron chi connectivity index (χ4n) is 0.639. The summed E-state index contributed by atoms with van der Waals surface area (Å²) >= 11 is 0. The van der Waals surface area contributed by atoms with E-state index in [1.165, 1.54) is 6.20 Å². The molecule has 1 heterocycles. The molecule has 1 aromatic rings. The lowest BCUT2D eigenvalue weighted by atomic mass is 10.3. The van der Waals surface area contributed by atoms with E-state index in [1.54, 1.807) is 12.3 Å². The van der Waals surface area contributed by atoms with Crippen LogP contribution >= 0.6 is 0 Å². The van der Waals surface area contributed by atoms with E-state index in [0.29, 0.717) is 17.5 Å². The van der Waals surface area contributed by atoms with Gasteiger partial charge in [-0.1, -0.05) is 5.92 Å². The fourth-order valence-corrected chi connectivity index (χ4v) is 0.639. The van der Waals surface area contributed by atoms with E-state index in [0.717, 1.165) is 0 Å². The van der Waals surface area contributed by atoms with Crippen LogP contribution in [0.15, 0.2) is 18.5 Å². The molecule has 3 heteroatoms. The number of rotatable bonds is 0. The second-order valence-electron chi connectivity index (χ2n) is 1.89. The Morgan fingerprint density at radius 3 is 3.00 bits per heavy atom. The number of carbonyl (C=O) groups excluding carboxylic acids is 1. The molecule has 0 aromatic carbocycles. The summed E-state index contributed by atoms with van der Waals surface area (Å²) in [5, 5.41) is 0. The van der Waals surface area contributed by atoms with E-state index in [9.17, 15) is 4.79 Å². The van der Waals surface area contributed by atoms with Gasteiger partial charge in [0.1, 0.15) is 0 Å². The standard InChI is InChI=1S/C8H6N2O/c9-8-4-7(2-1-3-11)5-10-6-8/h3-6H,9H2. The first-order valence-electron chi connectivity index (χ1n) is 2.98. The summed E-state index contributed by atoms with van der Waals surface area (Å²) in [4.78, 5) is 13.6. The van der Waals surface area contributed by atoms with Gasteiger partial charge in [0.25, 0.3) is 0 Å². The van der Waals surface area contributed by atoms with E-state index in [1.807, 2.05) is 0 Å². The molecule has 0 amide bonds. The largest absolute Gasteiger partial charge is 0.397 e. The van der Waals surface area contributed by atoms with Gasteiger partial charge >= 0.3 is 0 Å². The van der Waals surface area contributed by atoms with E-state index >= 15 is 0 Å². The molecule has 0 atom stereocenters. The third-order valence-corrected chi connectivity index (χ3v) is 1.03. The van der Waals surface area contributed by atoms with Gasteiger partial charge in [-0.05, 0) is 12.0 Å². The second-order valence-corrected chi connectivity index (χ2v) is 1.89. The predicted octanol–water partition coefficient (Wildman–Crippen LogP) is 0.214. The molecule has 0 bridgehead atoms. The van der Waals surface area contributed by atoms with E-state index in [2.05, 4.69) is 16.8 Å². The number of hydrogen-bond acceptors (Lipinski definition) is 3. The van der Waals surface area contributed by atoms with Crippen LogP contribution in [0.2, 0.25) is 0 Å². The summed E-state index contributed by atoms with van der Waals surface area (Å²) in [6.07, 6.45) is 3.60. The fraction of sp³-hybridized carbons (Fsp3) is 0. The number of nitrogen functional groups attached to an aromatic ring is 1. The second kappa shape index (κ2) is 3.37. The molecule has 0 aliphatic rings. The Kier molecular flexibility index (Phi) is 2.24. The quantitative estimate of drug-likeness (QED) is 0.420. The Labute approximate surface area is 64.2 Å². The van der Waals surface area contributed by atoms with Crippen LogP contribution in [0, 0.1) is 11.8 Å². The predicted molar refractivity (Wildman–Crippen MR) is 41.6 cm³/mol. The number of aldehydes is 1. The van der Waals surface area contributed by atoms with Crippen molar-refractivity contribution in [2.24, 2.45) is 0 Å². The molecular formula is C8H6N2O. The summed E-state index contributed by atoms with van der Waals surface area (Å²) in [6.45, 7) is 0. The SMILES string of the molecule is Nc1cncc(C#CC=O)c1. The molecule has 0 saturated carbocycles. The van der Waals surface area contributed by atoms with Crippen LogP contribution in [0.4, 0.5) is 5.69 Å². The molecule has 1 rings (SSSR count). The van der Waals surface area contributed by atoms with E-state index < -0.39 is 0 Å². The van der Waals surface area contributed by atoms with Crippen molar-refractivity contribution in [3.05, 3.63) is 24.0 Å². The molecule has 54 valence electrons. The van der Waals surface area contributed by atoms with Crippen LogP contribution < -0.4 is 5.73 Å². The number of carbonyl (C=O) groups is 1. The van der Waals surface area contributed by atoms with Crippen LogP contribution in [0.5, 0.6) is 0 Å². The van der Waals surface area contributed by atoms with Crippen LogP contribution in [-0.4, -0.2) is 11.3 Å². The van der Waals surface area contributed by atoms with Crippen molar-refractivity contribution >= 4 is 12.0 Å². The van der Waals surface area contributed by atoms with Crippen molar-refractivity contribution < 1.29 is 4.79 Å². The normalized spacial score (nSPS) is 8.00. The van der Waals surface area contributed by atoms with Crippen molar-refractivity contribution in [1.29, 1.82) is 0 Å². The minimum atomic E-state index is 0.531. The molecule has 0 saturated heterocycles. The number of nitrogens with zero attached hydrogens (tertiary/aromatic N) is 1. The monoisotopic (exact) mass is 146 g/mol. The van der Waals surface area contributed by atoms with Gasteiger partial charge in [0.15, 0.2) is 6.29 Å². The highest BCUT2D eigenvalue weighted by Crippen LogP contribution is 2.00. The molecule has 0 spiro atoms. The molecule has 2 N–H and O–H groups in total. The summed E-state index contributed by atoms with van der Waals surface area (Å²) in [5.74, 6) is 4.84. The zero-order chi connectivity index (χ0) is 8.10. The third-order valence-electron chi connectivity index (χ3n) is 1.03. The van der Waals surface area contributed by atoms with Crippen molar-refractivity contribution in [2.75, 3.05) is 5.73 Å². The van der Waals surface area contributed by atoms with Gasteiger partial charge in [-0.15, -0.1) is 0 Å². The average molecular weight is 146 g/mol. The first-order chi connectivity index (χ1) is 5.33. The van der Waals surface area contributed by atoms with Crippen LogP contribution in [0.3, 0.4) is 0 Å². The van der Waals surface area contributed by atoms with Crippen LogP contribution in [0.1, 0.15) is 5.56 Å². The number of nitrogens with two attached hydrogens (primary N) is 1. The number of pyridine rings is 1. The highest BCUT2D eigenvalue weighted by atomic mass is 16.1. The molecule has 3 nitrogen and oxygen atoms in total. The number of anilines is 1. The minimum absolute atomic E-state index is 0.531. The van der Waals surface area contributed by atoms with Gasteiger partial charge < -0.3 is 5.73 Å². The lowest BCUT2D eigenvalue weighted by molar-refractivity contribution is -0.103. The van der Waals surface area contributed by atoms with Gasteiger partial charge in [-0.25, -0.2) is 0 Å². The topological polar surface area (TPSA) is 56.0 Å². The molecule has 0 aliphatic heterocycles. The Bertz CT molecular complexity index is 322. The Morgan fingerprint density at radius 2 is 2.36 bits per heavy atom. The first kappa shape index (κ1) is 7.29. The maximum atomic E-state index is 9.84. The molecular weight excluding hydrogens is 140 g/mol. The minimum Gasteiger partial charge on any atom is -0.397 e. The molecule has 0 fully saturated rings. The highest BCUT2D eigenvalue weighted by Gasteiger charge is 1.86. The van der Waals surface area contributed by atoms with Crippen molar-refractivity contribution in [2.45, 2.75) is 0 Å². The smallest absolute Gasteiger partial charge is 0.193 e. The van der Waals surface area contributed by atoms with Crippen molar-refractivity contribution in [1.82, 2.24) is 4.98 Å². The van der Waals surface area contributed by atoms with Crippen LogP contribution in [0.25, 0.3) is 0 Å². The van der Waals surface area contributed by atoms with Gasteiger partial charge in [-0.3, -0.25) is 9.78 Å². The maximum absolute atomic E-state index is 9.84. The number of hydrogen-bond donors (Lipinski definition) is 1. The summed E-state index contributed by atoms with van der Waals surface area (Å²) in [5.41, 5.74) is 6.61. The average Bonchev–Trinajstić information content (AvgIpc) is 2.01. The summed E-state index contributed by atoms with van der Waals surface area (Å²) < 4.78 is 0. The van der Waals surface area contributed by atoms with Gasteiger partial charge in [-0.2, -0.15) is 0 Å². The molecule has 0 radical (unpaired) electrons. The highest BCUT2D eigenvalue weighted by molar-refractivity contribution is 5.74. The molecule has 11 heavy (non-hydrogen) atoms. The van der Waals surface area contributed by atoms with E-state index in [4.69, 9.17) is 5.73 Å². The van der Waals surface area contributed by atoms with E-state index in [-0.39, 0.29) is 0 Å².